The molecule has 2 aromatic carbocycles. The van der Waals surface area contributed by atoms with Gasteiger partial charge in [-0.1, -0.05) is 41.9 Å². The third kappa shape index (κ3) is 7.23. The summed E-state index contributed by atoms with van der Waals surface area (Å²) in [7, 11) is 0. The Morgan fingerprint density at radius 3 is 2.47 bits per heavy atom. The summed E-state index contributed by atoms with van der Waals surface area (Å²) >= 11 is 6.01. The highest BCUT2D eigenvalue weighted by molar-refractivity contribution is 6.30. The lowest BCUT2D eigenvalue weighted by atomic mass is 9.97. The number of piperazine rings is 1. The van der Waals surface area contributed by atoms with E-state index in [1.807, 2.05) is 31.2 Å². The minimum atomic E-state index is 0.0226. The Bertz CT molecular complexity index is 1180. The number of likely N-dealkylation sites (tertiary alicyclic amines) is 1. The number of hydrogen-bond donors (Lipinski definition) is 1. The number of amides is 1. The Kier molecular flexibility index (Phi) is 9.12. The number of aryl methyl sites for hydroxylation is 1. The van der Waals surface area contributed by atoms with Gasteiger partial charge < -0.3 is 9.73 Å². The predicted molar refractivity (Wildman–Crippen MR) is 151 cm³/mol. The zero-order chi connectivity index (χ0) is 26.3. The van der Waals surface area contributed by atoms with E-state index in [2.05, 4.69) is 50.3 Å². The molecule has 7 nitrogen and oxygen atoms in total. The van der Waals surface area contributed by atoms with Crippen LogP contribution in [-0.4, -0.2) is 77.9 Å². The van der Waals surface area contributed by atoms with Gasteiger partial charge in [0.05, 0.1) is 11.6 Å². The van der Waals surface area contributed by atoms with Crippen LogP contribution >= 0.6 is 11.6 Å². The molecule has 0 aliphatic carbocycles. The molecule has 2 aliphatic rings. The van der Waals surface area contributed by atoms with Gasteiger partial charge in [0.2, 0.25) is 11.8 Å². The maximum Gasteiger partial charge on any atom is 0.226 e. The molecule has 202 valence electrons. The fourth-order valence-corrected chi connectivity index (χ4v) is 5.54. The first-order valence-electron chi connectivity index (χ1n) is 13.7. The van der Waals surface area contributed by atoms with Gasteiger partial charge >= 0.3 is 0 Å². The number of benzene rings is 2. The Balaban J connectivity index is 1.04. The maximum absolute atomic E-state index is 13.0. The molecular formula is C30H38ClN5O2. The number of carbonyl (C=O) groups is 1. The number of hydrogen-bond acceptors (Lipinski definition) is 6. The molecule has 3 heterocycles. The molecule has 38 heavy (non-hydrogen) atoms. The molecule has 1 aromatic heterocycles. The number of oxazole rings is 1. The van der Waals surface area contributed by atoms with Crippen molar-refractivity contribution in [3.63, 3.8) is 0 Å². The van der Waals surface area contributed by atoms with Crippen molar-refractivity contribution in [3.05, 3.63) is 76.6 Å². The van der Waals surface area contributed by atoms with E-state index in [0.717, 1.165) is 82.2 Å². The highest BCUT2D eigenvalue weighted by atomic mass is 35.5. The van der Waals surface area contributed by atoms with Gasteiger partial charge in [-0.05, 0) is 56.1 Å². The zero-order valence-electron chi connectivity index (χ0n) is 22.2. The summed E-state index contributed by atoms with van der Waals surface area (Å²) in [6.45, 7) is 11.3. The van der Waals surface area contributed by atoms with Crippen LogP contribution in [0.15, 0.2) is 59.0 Å². The summed E-state index contributed by atoms with van der Waals surface area (Å²) in [6.07, 6.45) is 1.96. The number of piperidine rings is 1. The molecule has 1 atom stereocenters. The molecule has 2 fully saturated rings. The minimum absolute atomic E-state index is 0.0226. The molecule has 2 saturated heterocycles. The number of nitrogens with one attached hydrogen (secondary N) is 1. The van der Waals surface area contributed by atoms with Gasteiger partial charge in [0.15, 0.2) is 0 Å². The van der Waals surface area contributed by atoms with Crippen LogP contribution in [0.5, 0.6) is 0 Å². The first-order valence-corrected chi connectivity index (χ1v) is 14.1. The first-order chi connectivity index (χ1) is 18.5. The molecule has 5 rings (SSSR count). The van der Waals surface area contributed by atoms with Crippen molar-refractivity contribution in [1.82, 2.24) is 25.0 Å². The summed E-state index contributed by atoms with van der Waals surface area (Å²) in [6, 6.07) is 18.2. The first kappa shape index (κ1) is 26.9. The lowest BCUT2D eigenvalue weighted by molar-refractivity contribution is -0.126. The Morgan fingerprint density at radius 1 is 0.974 bits per heavy atom. The second kappa shape index (κ2) is 12.9. The van der Waals surface area contributed by atoms with Crippen LogP contribution in [-0.2, 0) is 17.9 Å². The molecule has 1 N–H and O–H groups in total. The maximum atomic E-state index is 13.0. The molecule has 0 spiro atoms. The van der Waals surface area contributed by atoms with Crippen molar-refractivity contribution in [2.24, 2.45) is 5.92 Å². The van der Waals surface area contributed by atoms with E-state index in [9.17, 15) is 4.79 Å². The second-order valence-corrected chi connectivity index (χ2v) is 10.9. The number of aromatic nitrogens is 1. The predicted octanol–water partition coefficient (Wildman–Crippen LogP) is 4.45. The van der Waals surface area contributed by atoms with Crippen molar-refractivity contribution < 1.29 is 9.21 Å². The average molecular weight is 536 g/mol. The highest BCUT2D eigenvalue weighted by Gasteiger charge is 2.27. The quantitative estimate of drug-likeness (QED) is 0.437. The molecule has 0 radical (unpaired) electrons. The summed E-state index contributed by atoms with van der Waals surface area (Å²) in [5.74, 6) is 1.64. The molecule has 2 aliphatic heterocycles. The SMILES string of the molecule is Cc1oc(-c2ccc(Cl)cc2)nc1CN1CCCC(C(=O)NCCN2CCN(Cc3ccccc3)CC2)C1. The van der Waals surface area contributed by atoms with Crippen molar-refractivity contribution in [2.45, 2.75) is 32.9 Å². The molecule has 0 saturated carbocycles. The summed E-state index contributed by atoms with van der Waals surface area (Å²) in [4.78, 5) is 25.0. The Morgan fingerprint density at radius 2 is 1.71 bits per heavy atom. The normalized spacial score (nSPS) is 19.5. The summed E-state index contributed by atoms with van der Waals surface area (Å²) in [5.41, 5.74) is 3.22. The molecular weight excluding hydrogens is 498 g/mol. The smallest absolute Gasteiger partial charge is 0.226 e. The average Bonchev–Trinajstić information content (AvgIpc) is 3.30. The van der Waals surface area contributed by atoms with Crippen molar-refractivity contribution in [2.75, 3.05) is 52.4 Å². The van der Waals surface area contributed by atoms with Crippen molar-refractivity contribution in [3.8, 4) is 11.5 Å². The second-order valence-electron chi connectivity index (χ2n) is 10.5. The molecule has 1 unspecified atom stereocenters. The molecule has 1 amide bonds. The minimum Gasteiger partial charge on any atom is -0.441 e. The van der Waals surface area contributed by atoms with E-state index in [1.54, 1.807) is 0 Å². The number of carbonyl (C=O) groups excluding carboxylic acids is 1. The van der Waals surface area contributed by atoms with Crippen LogP contribution in [0, 0.1) is 12.8 Å². The van der Waals surface area contributed by atoms with Crippen LogP contribution in [0.2, 0.25) is 5.02 Å². The van der Waals surface area contributed by atoms with Crippen LogP contribution in [0.4, 0.5) is 0 Å². The third-order valence-corrected chi connectivity index (χ3v) is 7.93. The lowest BCUT2D eigenvalue weighted by Crippen LogP contribution is -2.49. The van der Waals surface area contributed by atoms with Gasteiger partial charge in [0, 0.05) is 69.5 Å². The largest absolute Gasteiger partial charge is 0.441 e. The van der Waals surface area contributed by atoms with Crippen LogP contribution in [0.25, 0.3) is 11.5 Å². The number of nitrogens with zero attached hydrogens (tertiary/aromatic N) is 4. The monoisotopic (exact) mass is 535 g/mol. The van der Waals surface area contributed by atoms with E-state index in [1.165, 1.54) is 5.56 Å². The fourth-order valence-electron chi connectivity index (χ4n) is 5.41. The lowest BCUT2D eigenvalue weighted by Gasteiger charge is -2.35. The fraction of sp³-hybridized carbons (Fsp3) is 0.467. The third-order valence-electron chi connectivity index (χ3n) is 7.67. The number of rotatable bonds is 9. The van der Waals surface area contributed by atoms with E-state index >= 15 is 0 Å². The van der Waals surface area contributed by atoms with Gasteiger partial charge in [0.1, 0.15) is 5.76 Å². The van der Waals surface area contributed by atoms with Gasteiger partial charge in [-0.25, -0.2) is 4.98 Å². The summed E-state index contributed by atoms with van der Waals surface area (Å²) in [5, 5.41) is 3.90. The van der Waals surface area contributed by atoms with E-state index in [4.69, 9.17) is 21.0 Å². The molecule has 0 bridgehead atoms. The number of halogens is 1. The van der Waals surface area contributed by atoms with E-state index < -0.39 is 0 Å². The van der Waals surface area contributed by atoms with E-state index in [-0.39, 0.29) is 11.8 Å². The van der Waals surface area contributed by atoms with Gasteiger partial charge in [-0.3, -0.25) is 19.5 Å². The summed E-state index contributed by atoms with van der Waals surface area (Å²) < 4.78 is 5.94. The van der Waals surface area contributed by atoms with Crippen LogP contribution in [0.1, 0.15) is 29.9 Å². The van der Waals surface area contributed by atoms with Crippen molar-refractivity contribution >= 4 is 17.5 Å². The van der Waals surface area contributed by atoms with Crippen molar-refractivity contribution in [1.29, 1.82) is 0 Å². The van der Waals surface area contributed by atoms with Gasteiger partial charge in [-0.15, -0.1) is 0 Å². The Hall–Kier alpha value is -2.71. The topological polar surface area (TPSA) is 64.9 Å². The standard InChI is InChI=1S/C30H38ClN5O2/c1-23-28(33-30(38-23)25-9-11-27(31)12-10-25)22-36-14-5-8-26(21-36)29(37)32-13-15-34-16-18-35(19-17-34)20-24-6-3-2-4-7-24/h2-4,6-7,9-12,26H,5,8,13-22H2,1H3,(H,32,37). The highest BCUT2D eigenvalue weighted by Crippen LogP contribution is 2.25. The van der Waals surface area contributed by atoms with Crippen LogP contribution < -0.4 is 5.32 Å². The van der Waals surface area contributed by atoms with Gasteiger partial charge in [0.25, 0.3) is 0 Å². The molecule has 3 aromatic rings. The van der Waals surface area contributed by atoms with Crippen LogP contribution in [0.3, 0.4) is 0 Å². The Labute approximate surface area is 230 Å². The molecule has 8 heteroatoms. The van der Waals surface area contributed by atoms with Gasteiger partial charge in [-0.2, -0.15) is 0 Å². The van der Waals surface area contributed by atoms with E-state index in [0.29, 0.717) is 24.0 Å². The zero-order valence-corrected chi connectivity index (χ0v) is 23.0.